The van der Waals surface area contributed by atoms with Gasteiger partial charge in [-0.2, -0.15) is 0 Å². The lowest BCUT2D eigenvalue weighted by Crippen LogP contribution is -1.89. The van der Waals surface area contributed by atoms with Crippen molar-refractivity contribution in [2.45, 2.75) is 18.8 Å². The Labute approximate surface area is 70.8 Å². The standard InChI is InChI=1S/C10H10FO/c11-10-4-1-7(6-12)5-9(10)8-2-3-8/h1,4-6,8,12H,2-3H2. The van der Waals surface area contributed by atoms with E-state index >= 15 is 0 Å². The monoisotopic (exact) mass is 165 g/mol. The Kier molecular flexibility index (Phi) is 1.85. The Morgan fingerprint density at radius 3 is 2.75 bits per heavy atom. The van der Waals surface area contributed by atoms with E-state index in [0.717, 1.165) is 25.0 Å². The molecule has 2 rings (SSSR count). The van der Waals surface area contributed by atoms with Crippen LogP contribution in [0.25, 0.3) is 0 Å². The molecule has 0 aliphatic heterocycles. The van der Waals surface area contributed by atoms with Gasteiger partial charge in [-0.25, -0.2) is 4.39 Å². The third kappa shape index (κ3) is 1.34. The first-order chi connectivity index (χ1) is 5.81. The molecule has 0 heterocycles. The third-order valence-corrected chi connectivity index (χ3v) is 2.19. The van der Waals surface area contributed by atoms with Gasteiger partial charge in [0.15, 0.2) is 0 Å². The Morgan fingerprint density at radius 1 is 1.42 bits per heavy atom. The van der Waals surface area contributed by atoms with Gasteiger partial charge < -0.3 is 5.11 Å². The molecule has 1 radical (unpaired) electrons. The molecule has 0 amide bonds. The lowest BCUT2D eigenvalue weighted by atomic mass is 10.1. The van der Waals surface area contributed by atoms with Crippen molar-refractivity contribution in [3.63, 3.8) is 0 Å². The number of rotatable bonds is 2. The average molecular weight is 165 g/mol. The van der Waals surface area contributed by atoms with Crippen molar-refractivity contribution >= 4 is 0 Å². The van der Waals surface area contributed by atoms with Crippen molar-refractivity contribution in [1.82, 2.24) is 0 Å². The van der Waals surface area contributed by atoms with E-state index in [1.807, 2.05) is 0 Å². The number of hydrogen-bond donors (Lipinski definition) is 1. The fourth-order valence-electron chi connectivity index (χ4n) is 1.35. The first-order valence-electron chi connectivity index (χ1n) is 4.08. The molecule has 1 nitrogen and oxygen atoms in total. The molecule has 1 aliphatic rings. The van der Waals surface area contributed by atoms with Gasteiger partial charge >= 0.3 is 0 Å². The van der Waals surface area contributed by atoms with Gasteiger partial charge in [0.25, 0.3) is 0 Å². The maximum Gasteiger partial charge on any atom is 0.126 e. The summed E-state index contributed by atoms with van der Waals surface area (Å²) < 4.78 is 13.1. The van der Waals surface area contributed by atoms with Gasteiger partial charge in [-0.15, -0.1) is 0 Å². The van der Waals surface area contributed by atoms with Crippen LogP contribution in [0.2, 0.25) is 0 Å². The van der Waals surface area contributed by atoms with Crippen LogP contribution in [-0.2, 0) is 0 Å². The first kappa shape index (κ1) is 7.74. The topological polar surface area (TPSA) is 20.2 Å². The van der Waals surface area contributed by atoms with E-state index in [4.69, 9.17) is 5.11 Å². The van der Waals surface area contributed by atoms with Crippen LogP contribution in [0.5, 0.6) is 0 Å². The molecule has 0 unspecified atom stereocenters. The lowest BCUT2D eigenvalue weighted by molar-refractivity contribution is 0.414. The summed E-state index contributed by atoms with van der Waals surface area (Å²) in [5, 5.41) is 8.71. The van der Waals surface area contributed by atoms with E-state index in [2.05, 4.69) is 0 Å². The quantitative estimate of drug-likeness (QED) is 0.714. The van der Waals surface area contributed by atoms with Gasteiger partial charge in [0.05, 0.1) is 0 Å². The van der Waals surface area contributed by atoms with Crippen LogP contribution in [0.3, 0.4) is 0 Å². The predicted molar refractivity (Wildman–Crippen MR) is 43.7 cm³/mol. The number of benzene rings is 1. The molecule has 1 aromatic rings. The summed E-state index contributed by atoms with van der Waals surface area (Å²) in [6, 6.07) is 4.70. The molecule has 63 valence electrons. The molecule has 1 saturated carbocycles. The van der Waals surface area contributed by atoms with Crippen LogP contribution in [0.4, 0.5) is 4.39 Å². The van der Waals surface area contributed by atoms with Crippen molar-refractivity contribution in [3.05, 3.63) is 41.8 Å². The minimum absolute atomic E-state index is 0.150. The maximum atomic E-state index is 13.1. The maximum absolute atomic E-state index is 13.1. The Morgan fingerprint density at radius 2 is 2.17 bits per heavy atom. The summed E-state index contributed by atoms with van der Waals surface area (Å²) in [4.78, 5) is 0. The van der Waals surface area contributed by atoms with Gasteiger partial charge in [-0.05, 0) is 42.0 Å². The van der Waals surface area contributed by atoms with E-state index < -0.39 is 0 Å². The van der Waals surface area contributed by atoms with E-state index in [9.17, 15) is 4.39 Å². The molecule has 1 fully saturated rings. The second-order valence-electron chi connectivity index (χ2n) is 3.18. The number of aliphatic hydroxyl groups is 1. The van der Waals surface area contributed by atoms with Crippen molar-refractivity contribution < 1.29 is 9.50 Å². The number of halogens is 1. The molecule has 0 atom stereocenters. The largest absolute Gasteiger partial charge is 0.385 e. The molecule has 0 saturated heterocycles. The highest BCUT2D eigenvalue weighted by Gasteiger charge is 2.26. The normalized spacial score (nSPS) is 16.5. The third-order valence-electron chi connectivity index (χ3n) is 2.19. The summed E-state index contributed by atoms with van der Waals surface area (Å²) in [6.07, 6.45) is 2.15. The van der Waals surface area contributed by atoms with E-state index in [-0.39, 0.29) is 5.82 Å². The average Bonchev–Trinajstić information content (AvgIpc) is 2.88. The van der Waals surface area contributed by atoms with Gasteiger partial charge in [-0.1, -0.05) is 6.07 Å². The van der Waals surface area contributed by atoms with Crippen LogP contribution < -0.4 is 0 Å². The molecular weight excluding hydrogens is 155 g/mol. The van der Waals surface area contributed by atoms with E-state index in [0.29, 0.717) is 11.5 Å². The Bertz CT molecular complexity index is 292. The summed E-state index contributed by atoms with van der Waals surface area (Å²) in [5.41, 5.74) is 1.43. The zero-order valence-corrected chi connectivity index (χ0v) is 6.63. The zero-order valence-electron chi connectivity index (χ0n) is 6.63. The fourth-order valence-corrected chi connectivity index (χ4v) is 1.35. The minimum Gasteiger partial charge on any atom is -0.385 e. The molecule has 1 aliphatic carbocycles. The van der Waals surface area contributed by atoms with Crippen LogP contribution in [-0.4, -0.2) is 5.11 Å². The SMILES string of the molecule is O[CH]c1ccc(F)c(C2CC2)c1. The van der Waals surface area contributed by atoms with Crippen molar-refractivity contribution in [2.75, 3.05) is 0 Å². The summed E-state index contributed by atoms with van der Waals surface area (Å²) in [5.74, 6) is 0.244. The molecule has 1 N–H and O–H groups in total. The highest BCUT2D eigenvalue weighted by molar-refractivity contribution is 5.32. The number of hydrogen-bond acceptors (Lipinski definition) is 1. The van der Waals surface area contributed by atoms with Crippen LogP contribution in [0.1, 0.15) is 29.9 Å². The smallest absolute Gasteiger partial charge is 0.126 e. The predicted octanol–water partition coefficient (Wildman–Crippen LogP) is 2.59. The lowest BCUT2D eigenvalue weighted by Gasteiger charge is -2.02. The zero-order chi connectivity index (χ0) is 8.55. The van der Waals surface area contributed by atoms with Gasteiger partial charge in [0.1, 0.15) is 12.4 Å². The minimum atomic E-state index is -0.150. The molecule has 0 spiro atoms. The summed E-state index contributed by atoms with van der Waals surface area (Å²) in [7, 11) is 0. The van der Waals surface area contributed by atoms with Gasteiger partial charge in [0, 0.05) is 0 Å². The molecule has 2 heteroatoms. The molecular formula is C10H10FO. The van der Waals surface area contributed by atoms with Gasteiger partial charge in [0.2, 0.25) is 0 Å². The van der Waals surface area contributed by atoms with Crippen LogP contribution in [0.15, 0.2) is 18.2 Å². The Balaban J connectivity index is 2.36. The summed E-state index contributed by atoms with van der Waals surface area (Å²) >= 11 is 0. The highest BCUT2D eigenvalue weighted by Crippen LogP contribution is 2.41. The van der Waals surface area contributed by atoms with Crippen molar-refractivity contribution in [2.24, 2.45) is 0 Å². The summed E-state index contributed by atoms with van der Waals surface area (Å²) in [6.45, 7) is 1.01. The molecule has 0 bridgehead atoms. The number of aliphatic hydroxyl groups excluding tert-OH is 1. The highest BCUT2D eigenvalue weighted by atomic mass is 19.1. The molecule has 0 aromatic heterocycles. The van der Waals surface area contributed by atoms with E-state index in [1.54, 1.807) is 12.1 Å². The fraction of sp³-hybridized carbons (Fsp3) is 0.300. The second-order valence-corrected chi connectivity index (χ2v) is 3.18. The van der Waals surface area contributed by atoms with Crippen molar-refractivity contribution in [3.8, 4) is 0 Å². The molecule has 1 aromatic carbocycles. The Hall–Kier alpha value is -0.890. The molecule has 12 heavy (non-hydrogen) atoms. The van der Waals surface area contributed by atoms with Gasteiger partial charge in [-0.3, -0.25) is 0 Å². The van der Waals surface area contributed by atoms with Crippen LogP contribution >= 0.6 is 0 Å². The second kappa shape index (κ2) is 2.87. The van der Waals surface area contributed by atoms with Crippen LogP contribution in [0, 0.1) is 12.4 Å². The van der Waals surface area contributed by atoms with E-state index in [1.165, 1.54) is 6.07 Å². The van der Waals surface area contributed by atoms with Crippen molar-refractivity contribution in [1.29, 1.82) is 0 Å². The first-order valence-corrected chi connectivity index (χ1v) is 4.08.